The Morgan fingerprint density at radius 2 is 2.30 bits per heavy atom. The highest BCUT2D eigenvalue weighted by molar-refractivity contribution is 5.39. The second-order valence-corrected chi connectivity index (χ2v) is 4.92. The van der Waals surface area contributed by atoms with Gasteiger partial charge in [0.25, 0.3) is 0 Å². The van der Waals surface area contributed by atoms with Gasteiger partial charge in [0.05, 0.1) is 0 Å². The van der Waals surface area contributed by atoms with Gasteiger partial charge >= 0.3 is 0 Å². The second kappa shape index (κ2) is 5.59. The van der Waals surface area contributed by atoms with Crippen molar-refractivity contribution in [1.82, 2.24) is 10.3 Å². The van der Waals surface area contributed by atoms with Crippen LogP contribution in [0.4, 0.5) is 4.39 Å². The zero-order chi connectivity index (χ0) is 13.9. The molecule has 1 aliphatic heterocycles. The summed E-state index contributed by atoms with van der Waals surface area (Å²) in [5, 5.41) is 3.40. The zero-order valence-corrected chi connectivity index (χ0v) is 11.3. The molecule has 0 saturated carbocycles. The fourth-order valence-electron chi connectivity index (χ4n) is 2.65. The van der Waals surface area contributed by atoms with Crippen LogP contribution in [-0.4, -0.2) is 11.5 Å². The molecule has 1 aromatic carbocycles. The molecule has 2 heterocycles. The molecular formula is C16H17FN2O. The van der Waals surface area contributed by atoms with Gasteiger partial charge in [0.2, 0.25) is 0 Å². The van der Waals surface area contributed by atoms with Crippen LogP contribution in [0.15, 0.2) is 42.7 Å². The molecule has 0 fully saturated rings. The van der Waals surface area contributed by atoms with Crippen molar-refractivity contribution < 1.29 is 9.13 Å². The van der Waals surface area contributed by atoms with Gasteiger partial charge in [0.15, 0.2) is 0 Å². The molecule has 4 heteroatoms. The third-order valence-corrected chi connectivity index (χ3v) is 3.57. The summed E-state index contributed by atoms with van der Waals surface area (Å²) < 4.78 is 19.4. The van der Waals surface area contributed by atoms with Gasteiger partial charge in [0.1, 0.15) is 17.7 Å². The van der Waals surface area contributed by atoms with Gasteiger partial charge in [-0.1, -0.05) is 13.0 Å². The van der Waals surface area contributed by atoms with Gasteiger partial charge in [0, 0.05) is 36.0 Å². The molecule has 2 atom stereocenters. The van der Waals surface area contributed by atoms with Crippen molar-refractivity contribution in [2.24, 2.45) is 0 Å². The Bertz CT molecular complexity index is 588. The minimum Gasteiger partial charge on any atom is -0.485 e. The average molecular weight is 272 g/mol. The van der Waals surface area contributed by atoms with E-state index in [0.717, 1.165) is 29.8 Å². The lowest BCUT2D eigenvalue weighted by molar-refractivity contribution is 0.151. The molecule has 0 bridgehead atoms. The van der Waals surface area contributed by atoms with Crippen LogP contribution in [0.25, 0.3) is 0 Å². The van der Waals surface area contributed by atoms with Crippen molar-refractivity contribution in [3.63, 3.8) is 0 Å². The third-order valence-electron chi connectivity index (χ3n) is 3.57. The van der Waals surface area contributed by atoms with E-state index in [-0.39, 0.29) is 18.0 Å². The fourth-order valence-corrected chi connectivity index (χ4v) is 2.65. The predicted octanol–water partition coefficient (Wildman–Crippen LogP) is 3.40. The Morgan fingerprint density at radius 3 is 3.05 bits per heavy atom. The smallest absolute Gasteiger partial charge is 0.127 e. The van der Waals surface area contributed by atoms with Crippen LogP contribution < -0.4 is 10.1 Å². The van der Waals surface area contributed by atoms with Gasteiger partial charge in [-0.05, 0) is 30.8 Å². The maximum Gasteiger partial charge on any atom is 0.127 e. The number of hydrogen-bond donors (Lipinski definition) is 1. The topological polar surface area (TPSA) is 34.2 Å². The van der Waals surface area contributed by atoms with Crippen LogP contribution in [0.2, 0.25) is 0 Å². The first kappa shape index (κ1) is 13.1. The molecule has 0 aliphatic carbocycles. The first-order chi connectivity index (χ1) is 9.78. The Hall–Kier alpha value is -1.94. The third kappa shape index (κ3) is 2.51. The minimum atomic E-state index is -0.227. The van der Waals surface area contributed by atoms with Crippen LogP contribution in [-0.2, 0) is 0 Å². The largest absolute Gasteiger partial charge is 0.485 e. The van der Waals surface area contributed by atoms with E-state index in [1.54, 1.807) is 18.3 Å². The van der Waals surface area contributed by atoms with E-state index in [2.05, 4.69) is 10.3 Å². The highest BCUT2D eigenvalue weighted by Crippen LogP contribution is 2.40. The quantitative estimate of drug-likeness (QED) is 0.930. The number of pyridine rings is 1. The number of fused-ring (bicyclic) bond motifs is 1. The molecule has 104 valence electrons. The molecule has 0 spiro atoms. The summed E-state index contributed by atoms with van der Waals surface area (Å²) in [6, 6.07) is 8.72. The minimum absolute atomic E-state index is 0.0503. The van der Waals surface area contributed by atoms with E-state index in [9.17, 15) is 4.39 Å². The zero-order valence-electron chi connectivity index (χ0n) is 11.3. The predicted molar refractivity (Wildman–Crippen MR) is 75.0 cm³/mol. The van der Waals surface area contributed by atoms with Crippen LogP contribution in [0.3, 0.4) is 0 Å². The number of aromatic nitrogens is 1. The summed E-state index contributed by atoms with van der Waals surface area (Å²) in [4.78, 5) is 4.14. The fraction of sp³-hybridized carbons (Fsp3) is 0.312. The number of nitrogens with zero attached hydrogens (tertiary/aromatic N) is 1. The molecule has 1 aliphatic rings. The number of rotatable bonds is 3. The SMILES string of the molecule is CCNC1CC(c2cccnc2)Oc2ccc(F)cc21. The molecule has 1 N–H and O–H groups in total. The van der Waals surface area contributed by atoms with Crippen LogP contribution in [0, 0.1) is 5.82 Å². The van der Waals surface area contributed by atoms with Crippen LogP contribution >= 0.6 is 0 Å². The molecular weight excluding hydrogens is 255 g/mol. The molecule has 2 unspecified atom stereocenters. The number of ether oxygens (including phenoxy) is 1. The number of halogens is 1. The summed E-state index contributed by atoms with van der Waals surface area (Å²) in [5.74, 6) is 0.521. The number of benzene rings is 1. The van der Waals surface area contributed by atoms with Gasteiger partial charge in [-0.15, -0.1) is 0 Å². The van der Waals surface area contributed by atoms with Gasteiger partial charge in [-0.2, -0.15) is 0 Å². The first-order valence-electron chi connectivity index (χ1n) is 6.87. The summed E-state index contributed by atoms with van der Waals surface area (Å²) in [6.45, 7) is 2.88. The molecule has 0 saturated heterocycles. The number of nitrogens with one attached hydrogen (secondary N) is 1. The molecule has 2 aromatic rings. The Kier molecular flexibility index (Phi) is 3.65. The van der Waals surface area contributed by atoms with E-state index < -0.39 is 0 Å². The van der Waals surface area contributed by atoms with Gasteiger partial charge in [-0.25, -0.2) is 4.39 Å². The highest BCUT2D eigenvalue weighted by Gasteiger charge is 2.29. The summed E-state index contributed by atoms with van der Waals surface area (Å²) >= 11 is 0. The monoisotopic (exact) mass is 272 g/mol. The van der Waals surface area contributed by atoms with Crippen LogP contribution in [0.5, 0.6) is 5.75 Å². The standard InChI is InChI=1S/C16H17FN2O/c1-2-19-14-9-16(11-4-3-7-18-10-11)20-15-6-5-12(17)8-13(14)15/h3-8,10,14,16,19H,2,9H2,1H3. The maximum atomic E-state index is 13.4. The van der Waals surface area contributed by atoms with Crippen molar-refractivity contribution in [2.75, 3.05) is 6.54 Å². The molecule has 0 radical (unpaired) electrons. The maximum absolute atomic E-state index is 13.4. The molecule has 3 nitrogen and oxygen atoms in total. The van der Waals surface area contributed by atoms with E-state index >= 15 is 0 Å². The normalized spacial score (nSPS) is 21.1. The van der Waals surface area contributed by atoms with E-state index in [1.807, 2.05) is 25.3 Å². The van der Waals surface area contributed by atoms with Crippen molar-refractivity contribution in [2.45, 2.75) is 25.5 Å². The molecule has 1 aromatic heterocycles. The molecule has 3 rings (SSSR count). The average Bonchev–Trinajstić information content (AvgIpc) is 2.49. The van der Waals surface area contributed by atoms with Gasteiger partial charge < -0.3 is 10.1 Å². The first-order valence-corrected chi connectivity index (χ1v) is 6.87. The summed E-state index contributed by atoms with van der Waals surface area (Å²) in [5.41, 5.74) is 1.94. The second-order valence-electron chi connectivity index (χ2n) is 4.92. The summed E-state index contributed by atoms with van der Waals surface area (Å²) in [6.07, 6.45) is 4.29. The lowest BCUT2D eigenvalue weighted by Crippen LogP contribution is -2.29. The van der Waals surface area contributed by atoms with Gasteiger partial charge in [-0.3, -0.25) is 4.98 Å². The Balaban J connectivity index is 1.95. The van der Waals surface area contributed by atoms with E-state index in [0.29, 0.717) is 0 Å². The highest BCUT2D eigenvalue weighted by atomic mass is 19.1. The van der Waals surface area contributed by atoms with Crippen molar-refractivity contribution in [3.8, 4) is 5.75 Å². The lowest BCUT2D eigenvalue weighted by Gasteiger charge is -2.32. The Labute approximate surface area is 117 Å². The Morgan fingerprint density at radius 1 is 1.40 bits per heavy atom. The van der Waals surface area contributed by atoms with E-state index in [1.165, 1.54) is 6.07 Å². The van der Waals surface area contributed by atoms with Crippen molar-refractivity contribution in [3.05, 3.63) is 59.7 Å². The van der Waals surface area contributed by atoms with E-state index in [4.69, 9.17) is 4.74 Å². The van der Waals surface area contributed by atoms with Crippen LogP contribution in [0.1, 0.15) is 36.6 Å². The van der Waals surface area contributed by atoms with Crippen molar-refractivity contribution >= 4 is 0 Å². The molecule has 20 heavy (non-hydrogen) atoms. The number of hydrogen-bond acceptors (Lipinski definition) is 3. The molecule has 0 amide bonds. The van der Waals surface area contributed by atoms with Crippen molar-refractivity contribution in [1.29, 1.82) is 0 Å². The summed E-state index contributed by atoms with van der Waals surface area (Å²) in [7, 11) is 0. The lowest BCUT2D eigenvalue weighted by atomic mass is 9.93.